The van der Waals surface area contributed by atoms with Crippen molar-refractivity contribution in [2.75, 3.05) is 24.4 Å². The number of hydrogen-bond donors (Lipinski definition) is 0. The molecule has 1 atom stereocenters. The van der Waals surface area contributed by atoms with E-state index < -0.39 is 0 Å². The number of hydrogen-bond acceptors (Lipinski definition) is 4. The van der Waals surface area contributed by atoms with Crippen LogP contribution in [0.3, 0.4) is 0 Å². The lowest BCUT2D eigenvalue weighted by Gasteiger charge is -2.24. The number of alkyl halides is 1. The second kappa shape index (κ2) is 4.87. The zero-order chi connectivity index (χ0) is 11.5. The van der Waals surface area contributed by atoms with Crippen LogP contribution in [0, 0.1) is 6.92 Å². The summed E-state index contributed by atoms with van der Waals surface area (Å²) in [5.74, 6) is 2.91. The Hall–Kier alpha value is -1.03. The Kier molecular flexibility index (Phi) is 3.49. The average Bonchev–Trinajstić information content (AvgIpc) is 2.76. The SMILES string of the molecule is COc1cc(N2CCCC2CCl)nc(C)n1. The summed E-state index contributed by atoms with van der Waals surface area (Å²) in [6.07, 6.45) is 2.30. The average molecular weight is 242 g/mol. The molecule has 0 amide bonds. The van der Waals surface area contributed by atoms with E-state index in [0.717, 1.165) is 24.6 Å². The summed E-state index contributed by atoms with van der Waals surface area (Å²) in [6.45, 7) is 2.88. The van der Waals surface area contributed by atoms with Gasteiger partial charge in [0.1, 0.15) is 11.6 Å². The van der Waals surface area contributed by atoms with E-state index in [0.29, 0.717) is 17.8 Å². The third-order valence-corrected chi connectivity index (χ3v) is 3.22. The molecule has 1 unspecified atom stereocenters. The number of ether oxygens (including phenoxy) is 1. The van der Waals surface area contributed by atoms with Crippen molar-refractivity contribution in [3.05, 3.63) is 11.9 Å². The summed E-state index contributed by atoms with van der Waals surface area (Å²) in [6, 6.07) is 2.26. The van der Waals surface area contributed by atoms with E-state index in [1.165, 1.54) is 6.42 Å². The molecule has 5 heteroatoms. The van der Waals surface area contributed by atoms with Gasteiger partial charge in [-0.25, -0.2) is 4.98 Å². The molecule has 88 valence electrons. The second-order valence-electron chi connectivity index (χ2n) is 3.96. The molecule has 0 saturated carbocycles. The highest BCUT2D eigenvalue weighted by Gasteiger charge is 2.25. The molecule has 0 N–H and O–H groups in total. The molecule has 1 aromatic rings. The quantitative estimate of drug-likeness (QED) is 0.759. The van der Waals surface area contributed by atoms with Crippen molar-refractivity contribution < 1.29 is 4.74 Å². The van der Waals surface area contributed by atoms with Crippen molar-refractivity contribution in [1.82, 2.24) is 9.97 Å². The number of aromatic nitrogens is 2. The Morgan fingerprint density at radius 1 is 1.56 bits per heavy atom. The topological polar surface area (TPSA) is 38.2 Å². The Balaban J connectivity index is 2.28. The summed E-state index contributed by atoms with van der Waals surface area (Å²) in [4.78, 5) is 10.9. The third-order valence-electron chi connectivity index (χ3n) is 2.86. The van der Waals surface area contributed by atoms with Crippen molar-refractivity contribution >= 4 is 17.4 Å². The maximum absolute atomic E-state index is 5.95. The van der Waals surface area contributed by atoms with Gasteiger partial charge in [-0.05, 0) is 19.8 Å². The van der Waals surface area contributed by atoms with Crippen LogP contribution in [0.5, 0.6) is 5.88 Å². The van der Waals surface area contributed by atoms with Crippen LogP contribution in [-0.2, 0) is 0 Å². The molecule has 1 fully saturated rings. The van der Waals surface area contributed by atoms with Crippen LogP contribution in [0.1, 0.15) is 18.7 Å². The predicted octanol–water partition coefficient (Wildman–Crippen LogP) is 2.00. The molecule has 0 aliphatic carbocycles. The van der Waals surface area contributed by atoms with Crippen LogP contribution in [0.2, 0.25) is 0 Å². The van der Waals surface area contributed by atoms with Gasteiger partial charge in [0.25, 0.3) is 0 Å². The number of methoxy groups -OCH3 is 1. The number of rotatable bonds is 3. The summed E-state index contributed by atoms with van der Waals surface area (Å²) < 4.78 is 5.15. The first-order chi connectivity index (χ1) is 7.74. The Morgan fingerprint density at radius 3 is 3.06 bits per heavy atom. The molecule has 1 aliphatic heterocycles. The smallest absolute Gasteiger partial charge is 0.218 e. The first kappa shape index (κ1) is 11.5. The lowest BCUT2D eigenvalue weighted by molar-refractivity contribution is 0.395. The molecule has 0 bridgehead atoms. The minimum Gasteiger partial charge on any atom is -0.481 e. The Bertz CT molecular complexity index is 372. The van der Waals surface area contributed by atoms with Gasteiger partial charge >= 0.3 is 0 Å². The van der Waals surface area contributed by atoms with Gasteiger partial charge in [-0.1, -0.05) is 0 Å². The maximum atomic E-state index is 5.95. The van der Waals surface area contributed by atoms with Crippen molar-refractivity contribution in [1.29, 1.82) is 0 Å². The van der Waals surface area contributed by atoms with Gasteiger partial charge in [-0.15, -0.1) is 11.6 Å². The van der Waals surface area contributed by atoms with E-state index in [2.05, 4.69) is 14.9 Å². The number of aryl methyl sites for hydroxylation is 1. The zero-order valence-corrected chi connectivity index (χ0v) is 10.4. The summed E-state index contributed by atoms with van der Waals surface area (Å²) in [7, 11) is 1.62. The monoisotopic (exact) mass is 241 g/mol. The zero-order valence-electron chi connectivity index (χ0n) is 9.61. The molecule has 1 aliphatic rings. The molecule has 0 spiro atoms. The van der Waals surface area contributed by atoms with E-state index in [1.807, 2.05) is 13.0 Å². The predicted molar refractivity (Wildman–Crippen MR) is 64.4 cm³/mol. The van der Waals surface area contributed by atoms with Crippen LogP contribution < -0.4 is 9.64 Å². The van der Waals surface area contributed by atoms with Crippen molar-refractivity contribution in [3.8, 4) is 5.88 Å². The number of nitrogens with zero attached hydrogens (tertiary/aromatic N) is 3. The minimum absolute atomic E-state index is 0.390. The van der Waals surface area contributed by atoms with Gasteiger partial charge in [-0.2, -0.15) is 4.98 Å². The van der Waals surface area contributed by atoms with Gasteiger partial charge in [0.05, 0.1) is 7.11 Å². The molecule has 16 heavy (non-hydrogen) atoms. The molecular formula is C11H16ClN3O. The fourth-order valence-electron chi connectivity index (χ4n) is 2.07. The molecule has 2 heterocycles. The fraction of sp³-hybridized carbons (Fsp3) is 0.636. The lowest BCUT2D eigenvalue weighted by atomic mass is 10.2. The Labute approximate surface area is 101 Å². The highest BCUT2D eigenvalue weighted by Crippen LogP contribution is 2.26. The normalized spacial score (nSPS) is 20.2. The standard InChI is InChI=1S/C11H16ClN3O/c1-8-13-10(6-11(14-8)16-2)15-5-3-4-9(15)7-12/h6,9H,3-5,7H2,1-2H3. The van der Waals surface area contributed by atoms with Crippen molar-refractivity contribution in [2.45, 2.75) is 25.8 Å². The van der Waals surface area contributed by atoms with Gasteiger partial charge in [0, 0.05) is 24.5 Å². The van der Waals surface area contributed by atoms with Crippen LogP contribution in [0.25, 0.3) is 0 Å². The van der Waals surface area contributed by atoms with Gasteiger partial charge in [-0.3, -0.25) is 0 Å². The first-order valence-corrected chi connectivity index (χ1v) is 6.00. The fourth-order valence-corrected chi connectivity index (χ4v) is 2.40. The van der Waals surface area contributed by atoms with Gasteiger partial charge in [0.2, 0.25) is 5.88 Å². The molecule has 2 rings (SSSR count). The van der Waals surface area contributed by atoms with Gasteiger partial charge in [0.15, 0.2) is 0 Å². The van der Waals surface area contributed by atoms with E-state index in [9.17, 15) is 0 Å². The van der Waals surface area contributed by atoms with Crippen molar-refractivity contribution in [3.63, 3.8) is 0 Å². The molecule has 0 radical (unpaired) electrons. The van der Waals surface area contributed by atoms with Crippen LogP contribution in [-0.4, -0.2) is 35.5 Å². The largest absolute Gasteiger partial charge is 0.481 e. The summed E-state index contributed by atoms with van der Waals surface area (Å²) >= 11 is 5.95. The van der Waals surface area contributed by atoms with Gasteiger partial charge < -0.3 is 9.64 Å². The van der Waals surface area contributed by atoms with E-state index in [4.69, 9.17) is 16.3 Å². The Morgan fingerprint density at radius 2 is 2.38 bits per heavy atom. The van der Waals surface area contributed by atoms with Crippen LogP contribution in [0.4, 0.5) is 5.82 Å². The van der Waals surface area contributed by atoms with Crippen LogP contribution in [0.15, 0.2) is 6.07 Å². The van der Waals surface area contributed by atoms with E-state index in [-0.39, 0.29) is 0 Å². The summed E-state index contributed by atoms with van der Waals surface area (Å²) in [5, 5.41) is 0. The van der Waals surface area contributed by atoms with Crippen molar-refractivity contribution in [2.24, 2.45) is 0 Å². The first-order valence-electron chi connectivity index (χ1n) is 5.47. The molecule has 4 nitrogen and oxygen atoms in total. The molecule has 1 saturated heterocycles. The van der Waals surface area contributed by atoms with E-state index >= 15 is 0 Å². The van der Waals surface area contributed by atoms with Crippen LogP contribution >= 0.6 is 11.6 Å². The highest BCUT2D eigenvalue weighted by atomic mass is 35.5. The molecular weight excluding hydrogens is 226 g/mol. The maximum Gasteiger partial charge on any atom is 0.218 e. The third kappa shape index (κ3) is 2.21. The lowest BCUT2D eigenvalue weighted by Crippen LogP contribution is -2.31. The highest BCUT2D eigenvalue weighted by molar-refractivity contribution is 6.18. The molecule has 0 aromatic carbocycles. The number of anilines is 1. The molecule has 1 aromatic heterocycles. The minimum atomic E-state index is 0.390. The number of halogens is 1. The van der Waals surface area contributed by atoms with E-state index in [1.54, 1.807) is 7.11 Å². The second-order valence-corrected chi connectivity index (χ2v) is 4.27. The summed E-state index contributed by atoms with van der Waals surface area (Å²) in [5.41, 5.74) is 0.